The highest BCUT2D eigenvalue weighted by Gasteiger charge is 2.15. The Morgan fingerprint density at radius 2 is 2.22 bits per heavy atom. The lowest BCUT2D eigenvalue weighted by Crippen LogP contribution is -2.28. The summed E-state index contributed by atoms with van der Waals surface area (Å²) < 4.78 is 31.7. The highest BCUT2D eigenvalue weighted by molar-refractivity contribution is 9.10. The summed E-state index contributed by atoms with van der Waals surface area (Å²) >= 11 is 1.98. The zero-order valence-corrected chi connectivity index (χ0v) is 14.4. The topological polar surface area (TPSA) is 122 Å². The van der Waals surface area contributed by atoms with Crippen molar-refractivity contribution >= 4 is 44.6 Å². The van der Waals surface area contributed by atoms with E-state index in [0.29, 0.717) is 18.8 Å². The molecule has 23 heavy (non-hydrogen) atoms. The maximum absolute atomic E-state index is 13.2. The van der Waals surface area contributed by atoms with Gasteiger partial charge in [0.1, 0.15) is 12.1 Å². The molecule has 0 radical (unpaired) electrons. The van der Waals surface area contributed by atoms with Crippen LogP contribution in [0.2, 0.25) is 0 Å². The van der Waals surface area contributed by atoms with Crippen LogP contribution in [0.5, 0.6) is 0 Å². The maximum atomic E-state index is 13.2. The number of hydrogen-bond donors (Lipinski definition) is 4. The molecule has 124 valence electrons. The fourth-order valence-electron chi connectivity index (χ4n) is 1.62. The lowest BCUT2D eigenvalue weighted by Gasteiger charge is -2.09. The van der Waals surface area contributed by atoms with E-state index in [2.05, 4.69) is 46.2 Å². The second-order valence-electron chi connectivity index (χ2n) is 4.37. The van der Waals surface area contributed by atoms with Gasteiger partial charge in [0, 0.05) is 23.6 Å². The Hall–Kier alpha value is -1.69. The molecule has 0 aliphatic heterocycles. The van der Waals surface area contributed by atoms with Gasteiger partial charge < -0.3 is 15.2 Å². The molecular weight excluding hydrogens is 391 g/mol. The summed E-state index contributed by atoms with van der Waals surface area (Å²) in [7, 11) is 0. The monoisotopic (exact) mass is 404 g/mol. The molecule has 1 atom stereocenters. The second-order valence-corrected chi connectivity index (χ2v) is 6.42. The van der Waals surface area contributed by atoms with Crippen molar-refractivity contribution < 1.29 is 13.6 Å². The normalized spacial score (nSPS) is 12.0. The van der Waals surface area contributed by atoms with Crippen LogP contribution < -0.4 is 15.4 Å². The van der Waals surface area contributed by atoms with Crippen LogP contribution in [0, 0.1) is 11.2 Å². The molecule has 0 amide bonds. The molecule has 1 aromatic carbocycles. The molecule has 0 spiro atoms. The number of aromatic nitrogens is 2. The average molecular weight is 405 g/mol. The fraction of sp³-hybridized carbons (Fsp3) is 0.250. The zero-order valence-electron chi connectivity index (χ0n) is 12.0. The molecule has 0 saturated heterocycles. The van der Waals surface area contributed by atoms with Crippen LogP contribution in [-0.2, 0) is 11.4 Å². The largest absolute Gasteiger partial charge is 0.598 e. The quantitative estimate of drug-likeness (QED) is 0.239. The summed E-state index contributed by atoms with van der Waals surface area (Å²) in [5.41, 5.74) is 0.698. The number of nitrogens with one attached hydrogen (secondary N) is 4. The van der Waals surface area contributed by atoms with Crippen LogP contribution in [0.3, 0.4) is 0 Å². The molecule has 1 aromatic heterocycles. The van der Waals surface area contributed by atoms with E-state index in [1.54, 1.807) is 0 Å². The first-order chi connectivity index (χ1) is 11.0. The summed E-state index contributed by atoms with van der Waals surface area (Å²) in [4.78, 5) is 0. The molecule has 0 aliphatic carbocycles. The van der Waals surface area contributed by atoms with Gasteiger partial charge in [0.2, 0.25) is 5.82 Å². The van der Waals surface area contributed by atoms with E-state index in [-0.39, 0.29) is 21.8 Å². The van der Waals surface area contributed by atoms with Gasteiger partial charge in [-0.3, -0.25) is 5.41 Å². The fourth-order valence-corrected chi connectivity index (χ4v) is 2.39. The molecule has 0 fully saturated rings. The van der Waals surface area contributed by atoms with Gasteiger partial charge in [0.05, 0.1) is 11.0 Å². The van der Waals surface area contributed by atoms with Crippen molar-refractivity contribution in [3.8, 4) is 0 Å². The van der Waals surface area contributed by atoms with Gasteiger partial charge in [-0.25, -0.2) is 9.02 Å². The highest BCUT2D eigenvalue weighted by atomic mass is 79.9. The third-order valence-electron chi connectivity index (χ3n) is 2.64. The minimum Gasteiger partial charge on any atom is -0.598 e. The van der Waals surface area contributed by atoms with Crippen molar-refractivity contribution in [2.75, 3.05) is 30.0 Å². The van der Waals surface area contributed by atoms with Crippen molar-refractivity contribution in [2.45, 2.75) is 0 Å². The Balaban J connectivity index is 1.97. The number of anilines is 2. The van der Waals surface area contributed by atoms with Crippen molar-refractivity contribution in [3.63, 3.8) is 0 Å². The van der Waals surface area contributed by atoms with Gasteiger partial charge in [0.15, 0.2) is 11.5 Å². The first-order valence-corrected chi connectivity index (χ1v) is 8.77. The molecule has 0 aliphatic rings. The number of amidine groups is 1. The summed E-state index contributed by atoms with van der Waals surface area (Å²) in [5.74, 6) is -0.167. The minimum absolute atomic E-state index is 0.0562. The molecule has 0 bridgehead atoms. The average Bonchev–Trinajstić information content (AvgIpc) is 2.96. The third kappa shape index (κ3) is 5.16. The van der Waals surface area contributed by atoms with E-state index in [4.69, 9.17) is 5.41 Å². The maximum Gasteiger partial charge on any atom is 0.202 e. The highest BCUT2D eigenvalue weighted by Crippen LogP contribution is 2.21. The van der Waals surface area contributed by atoms with E-state index >= 15 is 0 Å². The molecule has 1 unspecified atom stereocenters. The van der Waals surface area contributed by atoms with Gasteiger partial charge in [-0.1, -0.05) is 0 Å². The van der Waals surface area contributed by atoms with Crippen molar-refractivity contribution in [3.05, 3.63) is 34.2 Å². The van der Waals surface area contributed by atoms with Gasteiger partial charge in [-0.15, -0.1) is 4.72 Å². The van der Waals surface area contributed by atoms with Crippen LogP contribution in [-0.4, -0.2) is 40.0 Å². The lowest BCUT2D eigenvalue weighted by atomic mass is 10.3. The Kier molecular flexibility index (Phi) is 6.33. The lowest BCUT2D eigenvalue weighted by molar-refractivity contribution is 0.308. The summed E-state index contributed by atoms with van der Waals surface area (Å²) in [6, 6.07) is 4.27. The van der Waals surface area contributed by atoms with E-state index < -0.39 is 17.2 Å². The van der Waals surface area contributed by atoms with Crippen molar-refractivity contribution in [1.82, 2.24) is 15.0 Å². The number of nitrogens with zero attached hydrogens (tertiary/aromatic N) is 2. The Labute approximate surface area is 143 Å². The molecular formula is C12H14BrFN6O2S. The second kappa shape index (κ2) is 8.24. The minimum atomic E-state index is -1.10. The van der Waals surface area contributed by atoms with Gasteiger partial charge in [-0.05, 0) is 44.4 Å². The smallest absolute Gasteiger partial charge is 0.202 e. The number of rotatable bonds is 7. The first kappa shape index (κ1) is 17.7. The van der Waals surface area contributed by atoms with Gasteiger partial charge in [0.25, 0.3) is 0 Å². The summed E-state index contributed by atoms with van der Waals surface area (Å²) in [6.45, 7) is 0.872. The number of halogens is 2. The Bertz CT molecular complexity index is 683. The predicted octanol–water partition coefficient (Wildman–Crippen LogP) is 1.70. The molecule has 2 rings (SSSR count). The first-order valence-electron chi connectivity index (χ1n) is 6.41. The van der Waals surface area contributed by atoms with E-state index in [1.807, 2.05) is 0 Å². The van der Waals surface area contributed by atoms with Crippen LogP contribution in [0.25, 0.3) is 0 Å². The van der Waals surface area contributed by atoms with Crippen LogP contribution >= 0.6 is 15.9 Å². The molecule has 11 heteroatoms. The number of hydrogen-bond acceptors (Lipinski definition) is 7. The summed E-state index contributed by atoms with van der Waals surface area (Å²) in [6.07, 6.45) is 1.53. The van der Waals surface area contributed by atoms with Crippen LogP contribution in [0.4, 0.5) is 15.9 Å². The number of benzene rings is 1. The Morgan fingerprint density at radius 1 is 1.43 bits per heavy atom. The van der Waals surface area contributed by atoms with E-state index in [1.165, 1.54) is 24.5 Å². The summed E-state index contributed by atoms with van der Waals surface area (Å²) in [5, 5.41) is 21.1. The Morgan fingerprint density at radius 3 is 2.91 bits per heavy atom. The van der Waals surface area contributed by atoms with E-state index in [0.717, 1.165) is 0 Å². The van der Waals surface area contributed by atoms with Crippen LogP contribution in [0.1, 0.15) is 5.69 Å². The van der Waals surface area contributed by atoms with Gasteiger partial charge >= 0.3 is 0 Å². The third-order valence-corrected chi connectivity index (χ3v) is 3.86. The van der Waals surface area contributed by atoms with Crippen molar-refractivity contribution in [1.29, 1.82) is 5.41 Å². The SMILES string of the molecule is C[S+]([O-])NCCNc1nonc1C(=N)Nc1ccc(F)c(Br)c1. The molecule has 1 heterocycles. The standard InChI is InChI=1S/C12H14BrFN6O2S/c1-23(21)17-5-4-16-12-10(19-22-20-12)11(15)18-7-2-3-9(14)8(13)6-7/h2-3,6,17H,4-5H2,1H3,(H2,15,18)(H,16,20). The molecule has 4 N–H and O–H groups in total. The zero-order chi connectivity index (χ0) is 16.8. The predicted molar refractivity (Wildman–Crippen MR) is 89.4 cm³/mol. The molecule has 8 nitrogen and oxygen atoms in total. The molecule has 2 aromatic rings. The van der Waals surface area contributed by atoms with E-state index in [9.17, 15) is 8.94 Å². The van der Waals surface area contributed by atoms with Crippen LogP contribution in [0.15, 0.2) is 27.3 Å². The van der Waals surface area contributed by atoms with Gasteiger partial charge in [-0.2, -0.15) is 0 Å². The molecule has 0 saturated carbocycles. The van der Waals surface area contributed by atoms with Crippen molar-refractivity contribution in [2.24, 2.45) is 0 Å².